The van der Waals surface area contributed by atoms with Crippen LogP contribution in [0.25, 0.3) is 0 Å². The number of aryl methyl sites for hydroxylation is 1. The second-order valence-corrected chi connectivity index (χ2v) is 6.90. The van der Waals surface area contributed by atoms with E-state index in [4.69, 9.17) is 16.3 Å². The Hall–Kier alpha value is -3.31. The van der Waals surface area contributed by atoms with Gasteiger partial charge in [-0.2, -0.15) is 5.10 Å². The number of anilines is 1. The molecule has 0 radical (unpaired) electrons. The molecule has 0 unspecified atom stereocenters. The smallest absolute Gasteiger partial charge is 0.259 e. The topological polar surface area (TPSA) is 62.7 Å². The number of hydrogen-bond donors (Lipinski definition) is 2. The Kier molecular flexibility index (Phi) is 7.25. The van der Waals surface area contributed by atoms with Gasteiger partial charge in [-0.1, -0.05) is 53.6 Å². The van der Waals surface area contributed by atoms with Gasteiger partial charge in [-0.25, -0.2) is 5.43 Å². The molecule has 0 saturated heterocycles. The van der Waals surface area contributed by atoms with Gasteiger partial charge in [0.2, 0.25) is 0 Å². The van der Waals surface area contributed by atoms with E-state index in [1.165, 1.54) is 5.56 Å². The quantitative estimate of drug-likeness (QED) is 0.417. The Labute approximate surface area is 175 Å². The number of halogens is 1. The highest BCUT2D eigenvalue weighted by atomic mass is 35.5. The molecule has 1 amide bonds. The van der Waals surface area contributed by atoms with Crippen molar-refractivity contribution in [3.8, 4) is 5.75 Å². The summed E-state index contributed by atoms with van der Waals surface area (Å²) in [6.45, 7) is 2.56. The minimum absolute atomic E-state index is 0.134. The van der Waals surface area contributed by atoms with E-state index in [0.717, 1.165) is 16.8 Å². The molecule has 3 aromatic rings. The number of benzene rings is 3. The van der Waals surface area contributed by atoms with Gasteiger partial charge in [-0.3, -0.25) is 4.79 Å². The minimum atomic E-state index is -0.235. The van der Waals surface area contributed by atoms with Gasteiger partial charge in [-0.15, -0.1) is 0 Å². The van der Waals surface area contributed by atoms with Crippen LogP contribution >= 0.6 is 11.6 Å². The molecule has 0 aliphatic carbocycles. The van der Waals surface area contributed by atoms with Gasteiger partial charge in [0.05, 0.1) is 12.8 Å². The van der Waals surface area contributed by atoms with Crippen molar-refractivity contribution in [2.24, 2.45) is 5.10 Å². The summed E-state index contributed by atoms with van der Waals surface area (Å²) in [5.41, 5.74) is 6.35. The van der Waals surface area contributed by atoms with Crippen molar-refractivity contribution in [2.45, 2.75) is 13.5 Å². The van der Waals surface area contributed by atoms with Crippen LogP contribution in [-0.2, 0) is 11.4 Å². The highest BCUT2D eigenvalue weighted by Gasteiger charge is 2.03. The van der Waals surface area contributed by atoms with Crippen LogP contribution in [0.1, 0.15) is 16.7 Å². The average Bonchev–Trinajstić information content (AvgIpc) is 2.74. The summed E-state index contributed by atoms with van der Waals surface area (Å²) in [6, 6.07) is 22.8. The van der Waals surface area contributed by atoms with Crippen molar-refractivity contribution in [3.05, 3.63) is 94.5 Å². The molecule has 3 aromatic carbocycles. The zero-order valence-corrected chi connectivity index (χ0v) is 16.8. The van der Waals surface area contributed by atoms with Crippen molar-refractivity contribution in [1.82, 2.24) is 5.43 Å². The Morgan fingerprint density at radius 1 is 1.03 bits per heavy atom. The Bertz CT molecular complexity index is 970. The SMILES string of the molecule is Cc1ccc(NCC(=O)N/N=C\c2ccccc2OCc2ccc(Cl)cc2)cc1. The third-order valence-corrected chi connectivity index (χ3v) is 4.38. The fraction of sp³-hybridized carbons (Fsp3) is 0.130. The van der Waals surface area contributed by atoms with Crippen LogP contribution in [0.2, 0.25) is 5.02 Å². The van der Waals surface area contributed by atoms with Crippen LogP contribution in [0.15, 0.2) is 77.9 Å². The van der Waals surface area contributed by atoms with E-state index in [1.54, 1.807) is 6.21 Å². The number of ether oxygens (including phenoxy) is 1. The number of amides is 1. The lowest BCUT2D eigenvalue weighted by Gasteiger charge is -2.09. The molecule has 0 aliphatic heterocycles. The Morgan fingerprint density at radius 2 is 1.76 bits per heavy atom. The highest BCUT2D eigenvalue weighted by molar-refractivity contribution is 6.30. The average molecular weight is 408 g/mol. The number of carbonyl (C=O) groups is 1. The van der Waals surface area contributed by atoms with Crippen LogP contribution in [-0.4, -0.2) is 18.7 Å². The number of hydrogen-bond acceptors (Lipinski definition) is 4. The van der Waals surface area contributed by atoms with Crippen LogP contribution in [0, 0.1) is 6.92 Å². The third kappa shape index (κ3) is 6.66. The fourth-order valence-corrected chi connectivity index (χ4v) is 2.65. The summed E-state index contributed by atoms with van der Waals surface area (Å²) in [5, 5.41) is 7.78. The minimum Gasteiger partial charge on any atom is -0.488 e. The molecule has 0 fully saturated rings. The lowest BCUT2D eigenvalue weighted by molar-refractivity contribution is -0.119. The first kappa shape index (κ1) is 20.4. The molecule has 0 saturated carbocycles. The summed E-state index contributed by atoms with van der Waals surface area (Å²) in [6.07, 6.45) is 1.57. The molecule has 0 aromatic heterocycles. The highest BCUT2D eigenvalue weighted by Crippen LogP contribution is 2.18. The van der Waals surface area contributed by atoms with Gasteiger partial charge in [-0.05, 0) is 48.9 Å². The van der Waals surface area contributed by atoms with E-state index >= 15 is 0 Å². The summed E-state index contributed by atoms with van der Waals surface area (Å²) in [5.74, 6) is 0.444. The van der Waals surface area contributed by atoms with E-state index in [2.05, 4.69) is 15.8 Å². The zero-order valence-electron chi connectivity index (χ0n) is 16.1. The predicted octanol–water partition coefficient (Wildman–Crippen LogP) is 4.79. The Morgan fingerprint density at radius 3 is 2.52 bits per heavy atom. The summed E-state index contributed by atoms with van der Waals surface area (Å²) in [4.78, 5) is 12.0. The second kappa shape index (κ2) is 10.3. The first-order chi connectivity index (χ1) is 14.1. The van der Waals surface area contributed by atoms with Gasteiger partial charge in [0, 0.05) is 16.3 Å². The normalized spacial score (nSPS) is 10.7. The first-order valence-corrected chi connectivity index (χ1v) is 9.57. The zero-order chi connectivity index (χ0) is 20.5. The van der Waals surface area contributed by atoms with Crippen LogP contribution in [0.4, 0.5) is 5.69 Å². The van der Waals surface area contributed by atoms with Gasteiger partial charge in [0.25, 0.3) is 5.91 Å². The molecular formula is C23H22ClN3O2. The monoisotopic (exact) mass is 407 g/mol. The van der Waals surface area contributed by atoms with Crippen molar-refractivity contribution < 1.29 is 9.53 Å². The second-order valence-electron chi connectivity index (χ2n) is 6.47. The van der Waals surface area contributed by atoms with E-state index in [-0.39, 0.29) is 12.5 Å². The standard InChI is InChI=1S/C23H22ClN3O2/c1-17-6-12-21(13-7-17)25-15-23(28)27-26-14-19-4-2-3-5-22(19)29-16-18-8-10-20(24)11-9-18/h2-14,25H,15-16H2,1H3,(H,27,28)/b26-14-. The number of para-hydroxylation sites is 1. The molecule has 0 heterocycles. The number of nitrogens with one attached hydrogen (secondary N) is 2. The molecule has 6 heteroatoms. The van der Waals surface area contributed by atoms with E-state index in [9.17, 15) is 4.79 Å². The predicted molar refractivity (Wildman–Crippen MR) is 118 cm³/mol. The number of hydrazone groups is 1. The van der Waals surface area contributed by atoms with Crippen LogP contribution in [0.5, 0.6) is 5.75 Å². The van der Waals surface area contributed by atoms with E-state index < -0.39 is 0 Å². The molecule has 5 nitrogen and oxygen atoms in total. The number of rotatable bonds is 8. The maximum atomic E-state index is 12.0. The van der Waals surface area contributed by atoms with Crippen molar-refractivity contribution in [3.63, 3.8) is 0 Å². The first-order valence-electron chi connectivity index (χ1n) is 9.19. The van der Waals surface area contributed by atoms with Crippen LogP contribution < -0.4 is 15.5 Å². The molecular weight excluding hydrogens is 386 g/mol. The molecule has 0 aliphatic rings. The van der Waals surface area contributed by atoms with E-state index in [1.807, 2.05) is 79.7 Å². The molecule has 0 spiro atoms. The number of carbonyl (C=O) groups excluding carboxylic acids is 1. The van der Waals surface area contributed by atoms with Crippen molar-refractivity contribution in [2.75, 3.05) is 11.9 Å². The fourth-order valence-electron chi connectivity index (χ4n) is 2.53. The summed E-state index contributed by atoms with van der Waals surface area (Å²) in [7, 11) is 0. The molecule has 0 bridgehead atoms. The van der Waals surface area contributed by atoms with Crippen molar-refractivity contribution >= 4 is 29.4 Å². The lowest BCUT2D eigenvalue weighted by atomic mass is 10.2. The molecule has 29 heavy (non-hydrogen) atoms. The van der Waals surface area contributed by atoms with Gasteiger partial charge in [0.15, 0.2) is 0 Å². The molecule has 2 N–H and O–H groups in total. The van der Waals surface area contributed by atoms with Gasteiger partial charge >= 0.3 is 0 Å². The molecule has 3 rings (SSSR count). The van der Waals surface area contributed by atoms with E-state index in [0.29, 0.717) is 17.4 Å². The Balaban J connectivity index is 1.51. The largest absolute Gasteiger partial charge is 0.488 e. The van der Waals surface area contributed by atoms with Gasteiger partial charge < -0.3 is 10.1 Å². The lowest BCUT2D eigenvalue weighted by Crippen LogP contribution is -2.25. The molecule has 0 atom stereocenters. The summed E-state index contributed by atoms with van der Waals surface area (Å²) < 4.78 is 5.88. The molecule has 148 valence electrons. The maximum Gasteiger partial charge on any atom is 0.259 e. The summed E-state index contributed by atoms with van der Waals surface area (Å²) >= 11 is 5.90. The van der Waals surface area contributed by atoms with Crippen molar-refractivity contribution in [1.29, 1.82) is 0 Å². The third-order valence-electron chi connectivity index (χ3n) is 4.12. The number of nitrogens with zero attached hydrogens (tertiary/aromatic N) is 1. The van der Waals surface area contributed by atoms with Crippen LogP contribution in [0.3, 0.4) is 0 Å². The maximum absolute atomic E-state index is 12.0. The van der Waals surface area contributed by atoms with Gasteiger partial charge in [0.1, 0.15) is 12.4 Å².